The summed E-state index contributed by atoms with van der Waals surface area (Å²) >= 11 is 0. The molecule has 0 fully saturated rings. The molecule has 1 amide bonds. The monoisotopic (exact) mass is 280 g/mol. The third-order valence-corrected chi connectivity index (χ3v) is 3.29. The van der Waals surface area contributed by atoms with Crippen LogP contribution in [0.4, 0.5) is 0 Å². The van der Waals surface area contributed by atoms with Gasteiger partial charge in [-0.05, 0) is 30.7 Å². The molecule has 1 heterocycles. The molecule has 0 radical (unpaired) electrons. The zero-order valence-electron chi connectivity index (χ0n) is 12.0. The van der Waals surface area contributed by atoms with E-state index in [1.807, 2.05) is 25.1 Å². The van der Waals surface area contributed by atoms with Crippen LogP contribution in [0.3, 0.4) is 0 Å². The number of aromatic nitrogens is 1. The van der Waals surface area contributed by atoms with Gasteiger partial charge < -0.3 is 9.73 Å². The van der Waals surface area contributed by atoms with Crippen LogP contribution in [0.1, 0.15) is 27.4 Å². The fourth-order valence-corrected chi connectivity index (χ4v) is 2.29. The molecule has 1 aromatic heterocycles. The van der Waals surface area contributed by atoms with Gasteiger partial charge in [0.15, 0.2) is 11.5 Å². The SMILES string of the molecule is Cc1cccc(CNC(=O)c2ccc3nc(C)oc3c2)c1. The Kier molecular flexibility index (Phi) is 3.44. The number of hydrogen-bond donors (Lipinski definition) is 1. The summed E-state index contributed by atoms with van der Waals surface area (Å²) in [4.78, 5) is 16.4. The minimum absolute atomic E-state index is 0.118. The second-order valence-corrected chi connectivity index (χ2v) is 5.09. The molecule has 2 aromatic carbocycles. The average molecular weight is 280 g/mol. The van der Waals surface area contributed by atoms with E-state index in [1.165, 1.54) is 5.56 Å². The van der Waals surface area contributed by atoms with Crippen molar-refractivity contribution in [3.8, 4) is 0 Å². The van der Waals surface area contributed by atoms with Crippen LogP contribution in [0.15, 0.2) is 46.9 Å². The van der Waals surface area contributed by atoms with Gasteiger partial charge in [-0.25, -0.2) is 4.98 Å². The van der Waals surface area contributed by atoms with Gasteiger partial charge in [-0.15, -0.1) is 0 Å². The maximum atomic E-state index is 12.2. The maximum Gasteiger partial charge on any atom is 0.251 e. The van der Waals surface area contributed by atoms with E-state index in [4.69, 9.17) is 4.42 Å². The molecule has 0 unspecified atom stereocenters. The summed E-state index contributed by atoms with van der Waals surface area (Å²) in [5, 5.41) is 2.91. The average Bonchev–Trinajstić information content (AvgIpc) is 2.84. The summed E-state index contributed by atoms with van der Waals surface area (Å²) in [7, 11) is 0. The van der Waals surface area contributed by atoms with Gasteiger partial charge in [0.2, 0.25) is 0 Å². The summed E-state index contributed by atoms with van der Waals surface area (Å²) in [5.74, 6) is 0.481. The van der Waals surface area contributed by atoms with Crippen LogP contribution in [0.2, 0.25) is 0 Å². The van der Waals surface area contributed by atoms with Gasteiger partial charge in [0.05, 0.1) is 0 Å². The maximum absolute atomic E-state index is 12.2. The van der Waals surface area contributed by atoms with Crippen molar-refractivity contribution in [2.45, 2.75) is 20.4 Å². The summed E-state index contributed by atoms with van der Waals surface area (Å²) in [6.07, 6.45) is 0. The molecule has 0 aliphatic carbocycles. The fourth-order valence-electron chi connectivity index (χ4n) is 2.29. The van der Waals surface area contributed by atoms with Gasteiger partial charge in [-0.2, -0.15) is 0 Å². The van der Waals surface area contributed by atoms with E-state index in [1.54, 1.807) is 25.1 Å². The molecule has 0 aliphatic heterocycles. The van der Waals surface area contributed by atoms with Crippen molar-refractivity contribution >= 4 is 17.0 Å². The van der Waals surface area contributed by atoms with Crippen molar-refractivity contribution < 1.29 is 9.21 Å². The van der Waals surface area contributed by atoms with Crippen molar-refractivity contribution in [3.05, 3.63) is 65.0 Å². The molecule has 4 heteroatoms. The van der Waals surface area contributed by atoms with E-state index in [0.29, 0.717) is 23.6 Å². The Hall–Kier alpha value is -2.62. The standard InChI is InChI=1S/C17H16N2O2/c1-11-4-3-5-13(8-11)10-18-17(20)14-6-7-15-16(9-14)21-12(2)19-15/h3-9H,10H2,1-2H3,(H,18,20). The van der Waals surface area contributed by atoms with Gasteiger partial charge >= 0.3 is 0 Å². The van der Waals surface area contributed by atoms with E-state index < -0.39 is 0 Å². The van der Waals surface area contributed by atoms with Crippen molar-refractivity contribution in [1.29, 1.82) is 0 Å². The molecule has 0 atom stereocenters. The first kappa shape index (κ1) is 13.4. The molecule has 106 valence electrons. The molecule has 4 nitrogen and oxygen atoms in total. The van der Waals surface area contributed by atoms with Gasteiger partial charge in [-0.1, -0.05) is 29.8 Å². The number of carbonyl (C=O) groups excluding carboxylic acids is 1. The number of aryl methyl sites for hydroxylation is 2. The summed E-state index contributed by atoms with van der Waals surface area (Å²) in [5.41, 5.74) is 4.24. The molecule has 1 N–H and O–H groups in total. The number of amides is 1. The number of nitrogens with zero attached hydrogens (tertiary/aromatic N) is 1. The number of benzene rings is 2. The van der Waals surface area contributed by atoms with Crippen LogP contribution in [0.25, 0.3) is 11.1 Å². The molecule has 0 spiro atoms. The highest BCUT2D eigenvalue weighted by atomic mass is 16.3. The summed E-state index contributed by atoms with van der Waals surface area (Å²) in [6, 6.07) is 13.4. The van der Waals surface area contributed by atoms with Crippen LogP contribution in [-0.4, -0.2) is 10.9 Å². The lowest BCUT2D eigenvalue weighted by atomic mass is 10.1. The normalized spacial score (nSPS) is 10.8. The lowest BCUT2D eigenvalue weighted by Gasteiger charge is -2.06. The molecule has 0 saturated carbocycles. The molecular formula is C17H16N2O2. The van der Waals surface area contributed by atoms with E-state index in [2.05, 4.69) is 16.4 Å². The van der Waals surface area contributed by atoms with Gasteiger partial charge in [0, 0.05) is 19.0 Å². The van der Waals surface area contributed by atoms with Crippen molar-refractivity contribution in [2.75, 3.05) is 0 Å². The van der Waals surface area contributed by atoms with E-state index in [9.17, 15) is 4.79 Å². The predicted octanol–water partition coefficient (Wildman–Crippen LogP) is 3.37. The highest BCUT2D eigenvalue weighted by molar-refractivity contribution is 5.96. The first-order valence-electron chi connectivity index (χ1n) is 6.83. The van der Waals surface area contributed by atoms with Gasteiger partial charge in [0.25, 0.3) is 5.91 Å². The highest BCUT2D eigenvalue weighted by Crippen LogP contribution is 2.17. The smallest absolute Gasteiger partial charge is 0.251 e. The largest absolute Gasteiger partial charge is 0.441 e. The van der Waals surface area contributed by atoms with Crippen molar-refractivity contribution in [1.82, 2.24) is 10.3 Å². The zero-order valence-corrected chi connectivity index (χ0v) is 12.0. The van der Waals surface area contributed by atoms with E-state index >= 15 is 0 Å². The first-order valence-corrected chi connectivity index (χ1v) is 6.83. The third-order valence-electron chi connectivity index (χ3n) is 3.29. The first-order chi connectivity index (χ1) is 10.1. The quantitative estimate of drug-likeness (QED) is 0.800. The van der Waals surface area contributed by atoms with Crippen LogP contribution in [-0.2, 0) is 6.54 Å². The third kappa shape index (κ3) is 2.94. The molecule has 21 heavy (non-hydrogen) atoms. The topological polar surface area (TPSA) is 55.1 Å². The lowest BCUT2D eigenvalue weighted by Crippen LogP contribution is -2.22. The van der Waals surface area contributed by atoms with Crippen LogP contribution >= 0.6 is 0 Å². The second-order valence-electron chi connectivity index (χ2n) is 5.09. The molecule has 0 saturated heterocycles. The minimum Gasteiger partial charge on any atom is -0.441 e. The molecular weight excluding hydrogens is 264 g/mol. The highest BCUT2D eigenvalue weighted by Gasteiger charge is 2.09. The predicted molar refractivity (Wildman–Crippen MR) is 81.1 cm³/mol. The Morgan fingerprint density at radius 1 is 1.19 bits per heavy atom. The van der Waals surface area contributed by atoms with Crippen LogP contribution in [0.5, 0.6) is 0 Å². The number of carbonyl (C=O) groups is 1. The molecule has 0 aliphatic rings. The lowest BCUT2D eigenvalue weighted by molar-refractivity contribution is 0.0951. The Labute approximate surface area is 122 Å². The Morgan fingerprint density at radius 3 is 2.86 bits per heavy atom. The van der Waals surface area contributed by atoms with Gasteiger partial charge in [-0.3, -0.25) is 4.79 Å². The summed E-state index contributed by atoms with van der Waals surface area (Å²) < 4.78 is 5.45. The number of rotatable bonds is 3. The van der Waals surface area contributed by atoms with Crippen molar-refractivity contribution in [3.63, 3.8) is 0 Å². The fraction of sp³-hybridized carbons (Fsp3) is 0.176. The Bertz CT molecular complexity index is 805. The minimum atomic E-state index is -0.118. The number of hydrogen-bond acceptors (Lipinski definition) is 3. The molecule has 0 bridgehead atoms. The second kappa shape index (κ2) is 5.40. The number of oxazole rings is 1. The number of fused-ring (bicyclic) bond motifs is 1. The Morgan fingerprint density at radius 2 is 2.05 bits per heavy atom. The summed E-state index contributed by atoms with van der Waals surface area (Å²) in [6.45, 7) is 4.33. The van der Waals surface area contributed by atoms with Crippen molar-refractivity contribution in [2.24, 2.45) is 0 Å². The van der Waals surface area contributed by atoms with Crippen LogP contribution in [0, 0.1) is 13.8 Å². The van der Waals surface area contributed by atoms with E-state index in [-0.39, 0.29) is 5.91 Å². The zero-order chi connectivity index (χ0) is 14.8. The molecule has 3 aromatic rings. The number of nitrogens with one attached hydrogen (secondary N) is 1. The van der Waals surface area contributed by atoms with E-state index in [0.717, 1.165) is 11.1 Å². The van der Waals surface area contributed by atoms with Gasteiger partial charge in [0.1, 0.15) is 5.52 Å². The Balaban J connectivity index is 1.74. The van der Waals surface area contributed by atoms with Crippen LogP contribution < -0.4 is 5.32 Å². The molecule has 3 rings (SSSR count).